The molecule has 1 unspecified atom stereocenters. The van der Waals surface area contributed by atoms with Crippen LogP contribution in [0.5, 0.6) is 0 Å². The largest absolute Gasteiger partial charge is 0.456 e. The molecule has 0 saturated heterocycles. The monoisotopic (exact) mass is 452 g/mol. The molecule has 1 N–H and O–H groups in total. The number of benzene rings is 4. The molecule has 7 rings (SSSR count). The highest BCUT2D eigenvalue weighted by atomic mass is 16.3. The zero-order valence-electron chi connectivity index (χ0n) is 18.7. The fraction of sp³-hybridized carbons (Fsp3) is 0.0333. The number of nitrogens with one attached hydrogen (secondary N) is 1. The lowest BCUT2D eigenvalue weighted by Gasteiger charge is -2.24. The van der Waals surface area contributed by atoms with Crippen LogP contribution < -0.4 is 5.32 Å². The normalized spacial score (nSPS) is 15.7. The molecule has 0 spiro atoms. The van der Waals surface area contributed by atoms with E-state index in [-0.39, 0.29) is 6.17 Å². The molecule has 1 aliphatic rings. The van der Waals surface area contributed by atoms with Crippen molar-refractivity contribution in [2.45, 2.75) is 6.17 Å². The molecule has 0 bridgehead atoms. The van der Waals surface area contributed by atoms with Crippen LogP contribution >= 0.6 is 0 Å². The highest BCUT2D eigenvalue weighted by Gasteiger charge is 2.23. The Hall–Kier alpha value is -4.77. The van der Waals surface area contributed by atoms with Gasteiger partial charge >= 0.3 is 0 Å². The van der Waals surface area contributed by atoms with E-state index in [2.05, 4.69) is 58.8 Å². The van der Waals surface area contributed by atoms with Crippen molar-refractivity contribution in [2.24, 2.45) is 9.98 Å². The summed E-state index contributed by atoms with van der Waals surface area (Å²) in [5.41, 5.74) is 4.63. The van der Waals surface area contributed by atoms with Gasteiger partial charge in [0.05, 0.1) is 0 Å². The van der Waals surface area contributed by atoms with E-state index < -0.39 is 0 Å². The molecule has 2 aromatic heterocycles. The minimum absolute atomic E-state index is 0.283. The maximum Gasteiger partial charge on any atom is 0.159 e. The highest BCUT2D eigenvalue weighted by molar-refractivity contribution is 6.21. The number of hydrogen-bond donors (Lipinski definition) is 1. The van der Waals surface area contributed by atoms with Gasteiger partial charge in [0, 0.05) is 34.3 Å². The summed E-state index contributed by atoms with van der Waals surface area (Å²) in [5, 5.41) is 7.94. The maximum absolute atomic E-state index is 6.10. The lowest BCUT2D eigenvalue weighted by Crippen LogP contribution is -2.33. The van der Waals surface area contributed by atoms with Gasteiger partial charge in [-0.25, -0.2) is 9.98 Å². The van der Waals surface area contributed by atoms with Crippen LogP contribution in [0.4, 0.5) is 0 Å². The number of rotatable bonds is 3. The van der Waals surface area contributed by atoms with E-state index in [1.807, 2.05) is 54.7 Å². The van der Waals surface area contributed by atoms with Gasteiger partial charge in [-0.1, -0.05) is 78.9 Å². The van der Waals surface area contributed by atoms with Gasteiger partial charge in [-0.2, -0.15) is 0 Å². The first-order valence-electron chi connectivity index (χ1n) is 11.6. The van der Waals surface area contributed by atoms with Gasteiger partial charge in [0.2, 0.25) is 0 Å². The lowest BCUT2D eigenvalue weighted by atomic mass is 10.0. The Morgan fingerprint density at radius 3 is 2.51 bits per heavy atom. The van der Waals surface area contributed by atoms with E-state index in [9.17, 15) is 0 Å². The predicted octanol–water partition coefficient (Wildman–Crippen LogP) is 6.63. The number of aromatic nitrogens is 1. The van der Waals surface area contributed by atoms with Crippen molar-refractivity contribution in [3.63, 3.8) is 0 Å². The van der Waals surface area contributed by atoms with E-state index in [1.165, 1.54) is 10.8 Å². The van der Waals surface area contributed by atoms with E-state index in [4.69, 9.17) is 14.4 Å². The van der Waals surface area contributed by atoms with Crippen LogP contribution in [0.25, 0.3) is 32.7 Å². The first kappa shape index (κ1) is 19.7. The first-order valence-corrected chi connectivity index (χ1v) is 11.6. The van der Waals surface area contributed by atoms with Gasteiger partial charge in [-0.05, 0) is 34.5 Å². The Kier molecular flexibility index (Phi) is 4.45. The van der Waals surface area contributed by atoms with E-state index >= 15 is 0 Å². The van der Waals surface area contributed by atoms with Crippen LogP contribution in [-0.4, -0.2) is 16.7 Å². The van der Waals surface area contributed by atoms with Crippen LogP contribution in [0.2, 0.25) is 0 Å². The van der Waals surface area contributed by atoms with Crippen LogP contribution in [0, 0.1) is 0 Å². The quantitative estimate of drug-likeness (QED) is 0.328. The third-order valence-electron chi connectivity index (χ3n) is 6.42. The molecule has 35 heavy (non-hydrogen) atoms. The first-order chi connectivity index (χ1) is 17.3. The third kappa shape index (κ3) is 3.37. The Morgan fingerprint density at radius 2 is 1.60 bits per heavy atom. The second kappa shape index (κ2) is 7.92. The van der Waals surface area contributed by atoms with E-state index in [0.717, 1.165) is 44.5 Å². The fourth-order valence-electron chi connectivity index (χ4n) is 4.72. The highest BCUT2D eigenvalue weighted by Crippen LogP contribution is 2.32. The van der Waals surface area contributed by atoms with Gasteiger partial charge in [0.15, 0.2) is 5.84 Å². The van der Waals surface area contributed by atoms with Gasteiger partial charge < -0.3 is 9.73 Å². The predicted molar refractivity (Wildman–Crippen MR) is 141 cm³/mol. The summed E-state index contributed by atoms with van der Waals surface area (Å²) >= 11 is 0. The summed E-state index contributed by atoms with van der Waals surface area (Å²) in [6, 6.07) is 32.9. The molecule has 166 valence electrons. The number of pyridine rings is 1. The molecule has 0 fully saturated rings. The van der Waals surface area contributed by atoms with Crippen molar-refractivity contribution in [2.75, 3.05) is 0 Å². The van der Waals surface area contributed by atoms with Crippen LogP contribution in [0.15, 0.2) is 124 Å². The Labute approximate surface area is 201 Å². The molecular weight excluding hydrogens is 432 g/mol. The maximum atomic E-state index is 6.10. The van der Waals surface area contributed by atoms with Crippen molar-refractivity contribution >= 4 is 44.4 Å². The summed E-state index contributed by atoms with van der Waals surface area (Å²) in [6.07, 6.45) is 3.31. The minimum atomic E-state index is -0.283. The average molecular weight is 453 g/mol. The second-order valence-electron chi connectivity index (χ2n) is 8.59. The molecule has 1 aliphatic heterocycles. The van der Waals surface area contributed by atoms with E-state index in [1.54, 1.807) is 6.20 Å². The molecule has 0 aliphatic carbocycles. The van der Waals surface area contributed by atoms with Crippen molar-refractivity contribution in [3.05, 3.63) is 126 Å². The molecule has 5 heteroatoms. The molecule has 0 radical (unpaired) electrons. The van der Waals surface area contributed by atoms with Gasteiger partial charge in [-0.3, -0.25) is 4.98 Å². The summed E-state index contributed by atoms with van der Waals surface area (Å²) < 4.78 is 6.10. The minimum Gasteiger partial charge on any atom is -0.456 e. The standard InChI is InChI=1S/C30H20N4O/c1-2-8-20(9-3-1)28-32-29(22-14-13-19-7-4-5-10-21(19)17-22)34-30(33-28)23-11-6-12-26-27(23)24-18-31-16-15-25(24)35-26/h1-18,29H,(H,32,33,34). The summed E-state index contributed by atoms with van der Waals surface area (Å²) in [4.78, 5) is 14.3. The van der Waals surface area contributed by atoms with Crippen LogP contribution in [0.1, 0.15) is 22.9 Å². The fourth-order valence-corrected chi connectivity index (χ4v) is 4.72. The molecule has 0 saturated carbocycles. The Morgan fingerprint density at radius 1 is 0.743 bits per heavy atom. The molecule has 6 aromatic rings. The zero-order chi connectivity index (χ0) is 23.2. The lowest BCUT2D eigenvalue weighted by molar-refractivity contribution is 0.667. The molecule has 5 nitrogen and oxygen atoms in total. The third-order valence-corrected chi connectivity index (χ3v) is 6.42. The number of fused-ring (bicyclic) bond motifs is 4. The number of amidine groups is 2. The van der Waals surface area contributed by atoms with Crippen LogP contribution in [-0.2, 0) is 0 Å². The number of hydrogen-bond acceptors (Lipinski definition) is 5. The summed E-state index contributed by atoms with van der Waals surface area (Å²) in [5.74, 6) is 1.45. The Bertz CT molecular complexity index is 1780. The molecule has 4 aromatic carbocycles. The van der Waals surface area contributed by atoms with E-state index in [0.29, 0.717) is 5.84 Å². The van der Waals surface area contributed by atoms with Crippen molar-refractivity contribution in [1.82, 2.24) is 10.3 Å². The second-order valence-corrected chi connectivity index (χ2v) is 8.59. The molecule has 1 atom stereocenters. The van der Waals surface area contributed by atoms with Crippen molar-refractivity contribution in [3.8, 4) is 0 Å². The number of furan rings is 1. The summed E-state index contributed by atoms with van der Waals surface area (Å²) in [6.45, 7) is 0. The summed E-state index contributed by atoms with van der Waals surface area (Å²) in [7, 11) is 0. The van der Waals surface area contributed by atoms with Crippen molar-refractivity contribution < 1.29 is 4.42 Å². The molecule has 0 amide bonds. The average Bonchev–Trinajstić information content (AvgIpc) is 3.32. The molecular formula is C30H20N4O. The SMILES string of the molecule is c1ccc(C2=NC(c3ccc4ccccc4c3)NC(c3cccc4oc5ccncc5c34)=N2)cc1. The Balaban J connectivity index is 1.42. The smallest absolute Gasteiger partial charge is 0.159 e. The van der Waals surface area contributed by atoms with Gasteiger partial charge in [0.25, 0.3) is 0 Å². The zero-order valence-corrected chi connectivity index (χ0v) is 18.7. The van der Waals surface area contributed by atoms with Gasteiger partial charge in [0.1, 0.15) is 23.2 Å². The number of aliphatic imine (C=N–C) groups is 2. The van der Waals surface area contributed by atoms with Gasteiger partial charge in [-0.15, -0.1) is 0 Å². The van der Waals surface area contributed by atoms with Crippen LogP contribution in [0.3, 0.4) is 0 Å². The topological polar surface area (TPSA) is 62.8 Å². The van der Waals surface area contributed by atoms with Crippen molar-refractivity contribution in [1.29, 1.82) is 0 Å². The molecule has 3 heterocycles. The number of nitrogens with zero attached hydrogens (tertiary/aromatic N) is 3.